The third kappa shape index (κ3) is 4.99. The minimum Gasteiger partial charge on any atom is -0.506 e. The van der Waals surface area contributed by atoms with Crippen LogP contribution in [0.15, 0.2) is 36.5 Å². The molecule has 1 saturated carbocycles. The van der Waals surface area contributed by atoms with E-state index >= 15 is 0 Å². The fourth-order valence-corrected chi connectivity index (χ4v) is 4.89. The maximum absolute atomic E-state index is 13.0. The predicted molar refractivity (Wildman–Crippen MR) is 134 cm³/mol. The van der Waals surface area contributed by atoms with E-state index in [1.807, 2.05) is 25.1 Å². The van der Waals surface area contributed by atoms with Crippen molar-refractivity contribution in [3.63, 3.8) is 0 Å². The number of aromatic nitrogens is 1. The van der Waals surface area contributed by atoms with Crippen LogP contribution in [0, 0.1) is 5.92 Å². The molecular weight excluding hydrogens is 436 g/mol. The Morgan fingerprint density at radius 1 is 1.15 bits per heavy atom. The van der Waals surface area contributed by atoms with Crippen molar-refractivity contribution >= 4 is 34.0 Å². The van der Waals surface area contributed by atoms with Gasteiger partial charge >= 0.3 is 0 Å². The molecule has 0 spiro atoms. The van der Waals surface area contributed by atoms with Gasteiger partial charge in [-0.2, -0.15) is 0 Å². The molecule has 1 aromatic heterocycles. The van der Waals surface area contributed by atoms with Gasteiger partial charge in [0.05, 0.1) is 28.4 Å². The van der Waals surface area contributed by atoms with E-state index < -0.39 is 0 Å². The molecule has 5 nitrogen and oxygen atoms in total. The average molecular weight is 467 g/mol. The molecule has 0 atom stereocenters. The van der Waals surface area contributed by atoms with Crippen molar-refractivity contribution < 1.29 is 15.0 Å². The number of rotatable bonds is 7. The second-order valence-corrected chi connectivity index (χ2v) is 9.58. The number of halogens is 1. The van der Waals surface area contributed by atoms with Crippen LogP contribution < -0.4 is 5.32 Å². The summed E-state index contributed by atoms with van der Waals surface area (Å²) < 4.78 is 0. The molecule has 0 radical (unpaired) electrons. The third-order valence-electron chi connectivity index (χ3n) is 6.66. The zero-order valence-corrected chi connectivity index (χ0v) is 20.0. The smallest absolute Gasteiger partial charge is 0.166 e. The molecule has 0 aliphatic heterocycles. The number of aliphatic hydroxyl groups excluding tert-OH is 1. The van der Waals surface area contributed by atoms with Crippen LogP contribution >= 0.6 is 11.6 Å². The lowest BCUT2D eigenvalue weighted by Crippen LogP contribution is -2.26. The van der Waals surface area contributed by atoms with Crippen LogP contribution in [0.4, 0.5) is 5.69 Å². The minimum absolute atomic E-state index is 0.0965. The number of ketones is 1. The zero-order chi connectivity index (χ0) is 23.5. The second-order valence-electron chi connectivity index (χ2n) is 9.18. The number of nitrogens with one attached hydrogen (secondary N) is 1. The first-order valence-corrected chi connectivity index (χ1v) is 12.1. The van der Waals surface area contributed by atoms with Gasteiger partial charge in [-0.25, -0.2) is 0 Å². The Kier molecular flexibility index (Phi) is 7.20. The standard InChI is InChI=1S/C27H31ClN2O3/c1-3-4-25(32)22-14-29-24-10-7-17(18-11-19(15-31)27(33)23(28)13-18)12-21(24)26(22)30-20-8-5-16(2)6-9-20/h7,10-14,16,20,31,33H,3-6,8-9,15H2,1-2H3,(H,29,30). The number of hydrogen-bond donors (Lipinski definition) is 3. The number of carbonyl (C=O) groups is 1. The molecule has 0 bridgehead atoms. The van der Waals surface area contributed by atoms with Crippen molar-refractivity contribution in [1.29, 1.82) is 0 Å². The van der Waals surface area contributed by atoms with Gasteiger partial charge in [0.1, 0.15) is 5.75 Å². The Balaban J connectivity index is 1.83. The van der Waals surface area contributed by atoms with Gasteiger partial charge in [-0.3, -0.25) is 9.78 Å². The fraction of sp³-hybridized carbons (Fsp3) is 0.407. The Bertz CT molecular complexity index is 1170. The first-order chi connectivity index (χ1) is 15.9. The van der Waals surface area contributed by atoms with E-state index in [-0.39, 0.29) is 23.2 Å². The number of aromatic hydroxyl groups is 1. The summed E-state index contributed by atoms with van der Waals surface area (Å²) >= 11 is 6.21. The molecule has 1 fully saturated rings. The highest BCUT2D eigenvalue weighted by Crippen LogP contribution is 2.37. The number of carbonyl (C=O) groups excluding carboxylic acids is 1. The number of aliphatic hydroxyl groups is 1. The number of benzene rings is 2. The van der Waals surface area contributed by atoms with Crippen molar-refractivity contribution in [1.82, 2.24) is 4.98 Å². The molecule has 0 saturated heterocycles. The molecule has 33 heavy (non-hydrogen) atoms. The molecule has 6 heteroatoms. The largest absolute Gasteiger partial charge is 0.506 e. The summed E-state index contributed by atoms with van der Waals surface area (Å²) in [6.45, 7) is 3.99. The van der Waals surface area contributed by atoms with Crippen molar-refractivity contribution in [2.45, 2.75) is 65.0 Å². The van der Waals surface area contributed by atoms with Gasteiger partial charge in [-0.1, -0.05) is 31.5 Å². The lowest BCUT2D eigenvalue weighted by Gasteiger charge is -2.29. The van der Waals surface area contributed by atoms with Crippen LogP contribution in [0.2, 0.25) is 5.02 Å². The summed E-state index contributed by atoms with van der Waals surface area (Å²) in [6, 6.07) is 9.64. The first-order valence-electron chi connectivity index (χ1n) is 11.8. The van der Waals surface area contributed by atoms with E-state index in [0.29, 0.717) is 23.6 Å². The number of nitrogens with zero attached hydrogens (tertiary/aromatic N) is 1. The summed E-state index contributed by atoms with van der Waals surface area (Å²) in [6.07, 6.45) is 7.50. The van der Waals surface area contributed by atoms with E-state index in [1.165, 1.54) is 12.8 Å². The van der Waals surface area contributed by atoms with E-state index in [9.17, 15) is 15.0 Å². The first kappa shape index (κ1) is 23.5. The van der Waals surface area contributed by atoms with Gasteiger partial charge in [-0.05, 0) is 73.4 Å². The van der Waals surface area contributed by atoms with Crippen LogP contribution in [0.1, 0.15) is 68.3 Å². The number of Topliss-reactive ketones (excluding diaryl/α,β-unsaturated/α-hetero) is 1. The van der Waals surface area contributed by atoms with Crippen LogP contribution in [0.5, 0.6) is 5.75 Å². The normalized spacial score (nSPS) is 18.4. The molecule has 3 aromatic rings. The zero-order valence-electron chi connectivity index (χ0n) is 19.2. The molecule has 4 rings (SSSR count). The van der Waals surface area contributed by atoms with Crippen LogP contribution in [-0.4, -0.2) is 27.0 Å². The van der Waals surface area contributed by atoms with Crippen LogP contribution in [0.3, 0.4) is 0 Å². The van der Waals surface area contributed by atoms with E-state index in [2.05, 4.69) is 17.2 Å². The van der Waals surface area contributed by atoms with Gasteiger partial charge in [0.2, 0.25) is 0 Å². The maximum Gasteiger partial charge on any atom is 0.166 e. The van der Waals surface area contributed by atoms with Gasteiger partial charge in [0, 0.05) is 29.6 Å². The predicted octanol–water partition coefficient (Wildman–Crippen LogP) is 6.73. The highest BCUT2D eigenvalue weighted by molar-refractivity contribution is 6.32. The van der Waals surface area contributed by atoms with E-state index in [4.69, 9.17) is 11.6 Å². The molecule has 3 N–H and O–H groups in total. The molecule has 0 amide bonds. The molecule has 174 valence electrons. The highest BCUT2D eigenvalue weighted by Gasteiger charge is 2.22. The van der Waals surface area contributed by atoms with Crippen molar-refractivity contribution in [2.24, 2.45) is 5.92 Å². The Labute approximate surface area is 199 Å². The molecule has 1 heterocycles. The summed E-state index contributed by atoms with van der Waals surface area (Å²) in [5.74, 6) is 0.732. The molecule has 1 aliphatic rings. The number of phenols is 1. The van der Waals surface area contributed by atoms with Gasteiger partial charge in [0.25, 0.3) is 0 Å². The Morgan fingerprint density at radius 2 is 1.91 bits per heavy atom. The van der Waals surface area contributed by atoms with Crippen LogP contribution in [-0.2, 0) is 6.61 Å². The lowest BCUT2D eigenvalue weighted by atomic mass is 9.87. The number of anilines is 1. The molecule has 2 aromatic carbocycles. The average Bonchev–Trinajstić information content (AvgIpc) is 2.82. The Hall–Kier alpha value is -2.63. The maximum atomic E-state index is 13.0. The summed E-state index contributed by atoms with van der Waals surface area (Å²) in [4.78, 5) is 17.6. The number of pyridine rings is 1. The SMILES string of the molecule is CCCC(=O)c1cnc2ccc(-c3cc(Cl)c(O)c(CO)c3)cc2c1NC1CCC(C)CC1. The summed E-state index contributed by atoms with van der Waals surface area (Å²) in [5.41, 5.74) is 4.34. The highest BCUT2D eigenvalue weighted by atomic mass is 35.5. The van der Waals surface area contributed by atoms with Gasteiger partial charge in [-0.15, -0.1) is 0 Å². The van der Waals surface area contributed by atoms with Crippen LogP contribution in [0.25, 0.3) is 22.0 Å². The van der Waals surface area contributed by atoms with Crippen molar-refractivity contribution in [3.05, 3.63) is 52.7 Å². The van der Waals surface area contributed by atoms with Crippen molar-refractivity contribution in [3.8, 4) is 16.9 Å². The van der Waals surface area contributed by atoms with Gasteiger partial charge in [0.15, 0.2) is 5.78 Å². The number of hydrogen-bond acceptors (Lipinski definition) is 5. The molecule has 1 aliphatic carbocycles. The molecule has 0 unspecified atom stereocenters. The third-order valence-corrected chi connectivity index (χ3v) is 6.94. The van der Waals surface area contributed by atoms with Crippen molar-refractivity contribution in [2.75, 3.05) is 5.32 Å². The van der Waals surface area contributed by atoms with E-state index in [0.717, 1.165) is 52.9 Å². The lowest BCUT2D eigenvalue weighted by molar-refractivity contribution is 0.0982. The second kappa shape index (κ2) is 10.1. The fourth-order valence-electron chi connectivity index (χ4n) is 4.65. The summed E-state index contributed by atoms with van der Waals surface area (Å²) in [5, 5.41) is 24.5. The van der Waals surface area contributed by atoms with E-state index in [1.54, 1.807) is 18.3 Å². The quantitative estimate of drug-likeness (QED) is 0.336. The monoisotopic (exact) mass is 466 g/mol. The van der Waals surface area contributed by atoms with Gasteiger partial charge < -0.3 is 15.5 Å². The number of fused-ring (bicyclic) bond motifs is 1. The minimum atomic E-state index is -0.308. The Morgan fingerprint density at radius 3 is 2.61 bits per heavy atom. The molecular formula is C27H31ClN2O3. The summed E-state index contributed by atoms with van der Waals surface area (Å²) in [7, 11) is 0. The topological polar surface area (TPSA) is 82.5 Å².